The Bertz CT molecular complexity index is 988. The smallest absolute Gasteiger partial charge is 0.475 e. The van der Waals surface area contributed by atoms with E-state index in [1.165, 1.54) is 12.8 Å². The normalized spacial score (nSPS) is 25.9. The van der Waals surface area contributed by atoms with Crippen molar-refractivity contribution in [3.63, 3.8) is 0 Å². The van der Waals surface area contributed by atoms with Gasteiger partial charge in [-0.25, -0.2) is 4.79 Å². The first-order valence-electron chi connectivity index (χ1n) is 12.5. The van der Waals surface area contributed by atoms with Crippen LogP contribution in [0.5, 0.6) is 0 Å². The maximum absolute atomic E-state index is 13.8. The average Bonchev–Trinajstić information content (AvgIpc) is 3.76. The maximum Gasteiger partial charge on any atom is 0.490 e. The molecule has 2 saturated heterocycles. The van der Waals surface area contributed by atoms with Crippen molar-refractivity contribution in [1.82, 2.24) is 14.8 Å². The number of pyridine rings is 1. The van der Waals surface area contributed by atoms with Crippen molar-refractivity contribution in [2.45, 2.75) is 57.7 Å². The van der Waals surface area contributed by atoms with Crippen LogP contribution in [0.25, 0.3) is 0 Å². The third-order valence-corrected chi connectivity index (χ3v) is 7.80. The molecule has 0 radical (unpaired) electrons. The Balaban J connectivity index is 0.000000384. The van der Waals surface area contributed by atoms with Crippen LogP contribution in [0.3, 0.4) is 0 Å². The van der Waals surface area contributed by atoms with Crippen LogP contribution >= 0.6 is 0 Å². The molecule has 4 fully saturated rings. The van der Waals surface area contributed by atoms with Crippen molar-refractivity contribution < 1.29 is 32.7 Å². The van der Waals surface area contributed by atoms with Gasteiger partial charge in [0.15, 0.2) is 0 Å². The van der Waals surface area contributed by atoms with E-state index in [4.69, 9.17) is 9.90 Å². The number of anilines is 1. The Hall–Kier alpha value is -2.69. The van der Waals surface area contributed by atoms with Crippen LogP contribution in [-0.4, -0.2) is 82.1 Å². The van der Waals surface area contributed by atoms with Gasteiger partial charge >= 0.3 is 12.1 Å². The van der Waals surface area contributed by atoms with Crippen LogP contribution in [-0.2, 0) is 14.4 Å². The largest absolute Gasteiger partial charge is 0.490 e. The molecule has 1 spiro atoms. The molecule has 1 aromatic heterocycles. The molecule has 36 heavy (non-hydrogen) atoms. The van der Waals surface area contributed by atoms with Crippen LogP contribution in [0.15, 0.2) is 18.3 Å². The first kappa shape index (κ1) is 26.4. The monoisotopic (exact) mass is 510 g/mol. The Labute approximate surface area is 208 Å². The molecule has 2 aliphatic heterocycles. The summed E-state index contributed by atoms with van der Waals surface area (Å²) in [5, 5.41) is 7.12. The van der Waals surface area contributed by atoms with Gasteiger partial charge in [0.1, 0.15) is 5.54 Å². The van der Waals surface area contributed by atoms with Crippen LogP contribution in [0, 0.1) is 24.7 Å². The number of hydrogen-bond donors (Lipinski definition) is 1. The summed E-state index contributed by atoms with van der Waals surface area (Å²) in [6.45, 7) is 8.19. The lowest BCUT2D eigenvalue weighted by atomic mass is 9.81. The van der Waals surface area contributed by atoms with Gasteiger partial charge in [-0.05, 0) is 63.0 Å². The molecule has 2 aliphatic carbocycles. The molecule has 198 valence electrons. The van der Waals surface area contributed by atoms with Crippen molar-refractivity contribution in [3.05, 3.63) is 24.0 Å². The second-order valence-corrected chi connectivity index (χ2v) is 10.5. The van der Waals surface area contributed by atoms with Crippen LogP contribution in [0.1, 0.15) is 44.7 Å². The number of rotatable bonds is 4. The topological polar surface area (TPSA) is 94.0 Å². The number of carboxylic acids is 1. The lowest BCUT2D eigenvalue weighted by Crippen LogP contribution is -2.69. The summed E-state index contributed by atoms with van der Waals surface area (Å²) in [6.07, 6.45) is 1.85. The molecular formula is C25H33F3N4O4. The second-order valence-electron chi connectivity index (χ2n) is 10.5. The van der Waals surface area contributed by atoms with E-state index in [-0.39, 0.29) is 11.8 Å². The molecule has 5 rings (SSSR count). The molecule has 11 heteroatoms. The molecule has 2 atom stereocenters. The predicted octanol–water partition coefficient (Wildman–Crippen LogP) is 3.10. The zero-order valence-corrected chi connectivity index (χ0v) is 20.6. The fraction of sp³-hybridized carbons (Fsp3) is 0.680. The van der Waals surface area contributed by atoms with Gasteiger partial charge in [0.25, 0.3) is 0 Å². The average molecular weight is 511 g/mol. The van der Waals surface area contributed by atoms with Gasteiger partial charge in [0.05, 0.1) is 11.9 Å². The lowest BCUT2D eigenvalue weighted by molar-refractivity contribution is -0.192. The van der Waals surface area contributed by atoms with Crippen molar-refractivity contribution in [1.29, 1.82) is 0 Å². The molecule has 2 unspecified atom stereocenters. The van der Waals surface area contributed by atoms with Gasteiger partial charge in [0, 0.05) is 44.3 Å². The molecule has 0 bridgehead atoms. The summed E-state index contributed by atoms with van der Waals surface area (Å²) in [5.74, 6) is -0.730. The Kier molecular flexibility index (Phi) is 7.32. The Morgan fingerprint density at radius 1 is 1.14 bits per heavy atom. The number of carboxylic acid groups (broad SMARTS) is 1. The minimum absolute atomic E-state index is 0.210. The number of aromatic nitrogens is 1. The van der Waals surface area contributed by atoms with Gasteiger partial charge < -0.3 is 14.9 Å². The molecule has 0 aromatic carbocycles. The van der Waals surface area contributed by atoms with Gasteiger partial charge in [-0.1, -0.05) is 6.92 Å². The first-order valence-corrected chi connectivity index (χ1v) is 12.5. The molecule has 4 aliphatic rings. The van der Waals surface area contributed by atoms with Crippen molar-refractivity contribution >= 4 is 23.5 Å². The summed E-state index contributed by atoms with van der Waals surface area (Å²) < 4.78 is 31.7. The zero-order valence-electron chi connectivity index (χ0n) is 20.6. The molecule has 2 amide bonds. The van der Waals surface area contributed by atoms with Crippen molar-refractivity contribution in [2.75, 3.05) is 37.6 Å². The number of aryl methyl sites for hydroxylation is 1. The van der Waals surface area contributed by atoms with E-state index in [9.17, 15) is 22.8 Å². The number of carbonyl (C=O) groups is 3. The van der Waals surface area contributed by atoms with Gasteiger partial charge in [0.2, 0.25) is 11.8 Å². The summed E-state index contributed by atoms with van der Waals surface area (Å²) in [4.78, 5) is 46.3. The number of alkyl halides is 3. The van der Waals surface area contributed by atoms with Crippen LogP contribution in [0.4, 0.5) is 18.9 Å². The highest BCUT2D eigenvalue weighted by Crippen LogP contribution is 2.42. The molecular weight excluding hydrogens is 477 g/mol. The Morgan fingerprint density at radius 2 is 1.75 bits per heavy atom. The number of piperazine rings is 1. The number of nitrogens with zero attached hydrogens (tertiary/aromatic N) is 4. The molecule has 3 heterocycles. The highest BCUT2D eigenvalue weighted by Gasteiger charge is 2.53. The Morgan fingerprint density at radius 3 is 2.22 bits per heavy atom. The maximum atomic E-state index is 13.8. The minimum Gasteiger partial charge on any atom is -0.475 e. The van der Waals surface area contributed by atoms with Crippen LogP contribution < -0.4 is 4.90 Å². The number of halogens is 3. The van der Waals surface area contributed by atoms with Gasteiger partial charge in [-0.15, -0.1) is 0 Å². The van der Waals surface area contributed by atoms with E-state index in [0.29, 0.717) is 24.9 Å². The van der Waals surface area contributed by atoms with E-state index >= 15 is 0 Å². The molecule has 8 nitrogen and oxygen atoms in total. The third kappa shape index (κ3) is 5.66. The summed E-state index contributed by atoms with van der Waals surface area (Å²) >= 11 is 0. The summed E-state index contributed by atoms with van der Waals surface area (Å²) in [5.41, 5.74) is 1.40. The second kappa shape index (κ2) is 9.99. The van der Waals surface area contributed by atoms with E-state index in [0.717, 1.165) is 56.2 Å². The van der Waals surface area contributed by atoms with E-state index in [1.807, 2.05) is 35.1 Å². The number of carbonyl (C=O) groups excluding carboxylic acids is 2. The number of amides is 2. The first-order chi connectivity index (χ1) is 16.9. The SMILES string of the molecule is Cc1ccc(N2CCN(CC3CC3)C3(CCN(C(=O)C4CC4C)CC3)C2=O)cn1.O=C(O)C(F)(F)F. The quantitative estimate of drug-likeness (QED) is 0.669. The summed E-state index contributed by atoms with van der Waals surface area (Å²) in [6, 6.07) is 3.99. The van der Waals surface area contributed by atoms with Gasteiger partial charge in [-0.2, -0.15) is 13.2 Å². The predicted molar refractivity (Wildman–Crippen MR) is 125 cm³/mol. The highest BCUT2D eigenvalue weighted by molar-refractivity contribution is 6.01. The van der Waals surface area contributed by atoms with E-state index in [2.05, 4.69) is 16.8 Å². The number of hydrogen-bond acceptors (Lipinski definition) is 5. The highest BCUT2D eigenvalue weighted by atomic mass is 19.4. The standard InChI is InChI=1S/C23H32N4O2.C2HF3O2/c1-16-13-20(16)21(28)25-9-7-23(8-10-25)22(29)27(19-6-3-17(2)24-14-19)12-11-26(23)15-18-4-5-18;3-2(4,5)1(6)7/h3,6,14,16,18,20H,4-5,7-13,15H2,1-2H3;(H,6,7). The van der Waals surface area contributed by atoms with E-state index in [1.54, 1.807) is 0 Å². The van der Waals surface area contributed by atoms with Gasteiger partial charge in [-0.3, -0.25) is 19.5 Å². The lowest BCUT2D eigenvalue weighted by Gasteiger charge is -2.53. The number of likely N-dealkylation sites (tertiary alicyclic amines) is 1. The fourth-order valence-corrected chi connectivity index (χ4v) is 5.19. The number of aliphatic carboxylic acids is 1. The zero-order chi connectivity index (χ0) is 26.3. The van der Waals surface area contributed by atoms with E-state index < -0.39 is 17.7 Å². The summed E-state index contributed by atoms with van der Waals surface area (Å²) in [7, 11) is 0. The van der Waals surface area contributed by atoms with Crippen molar-refractivity contribution in [3.8, 4) is 0 Å². The molecule has 2 saturated carbocycles. The van der Waals surface area contributed by atoms with Crippen molar-refractivity contribution in [2.24, 2.45) is 17.8 Å². The fourth-order valence-electron chi connectivity index (χ4n) is 5.19. The third-order valence-electron chi connectivity index (χ3n) is 7.80. The molecule has 1 aromatic rings. The number of piperidine rings is 1. The molecule has 1 N–H and O–H groups in total. The van der Waals surface area contributed by atoms with Crippen LogP contribution in [0.2, 0.25) is 0 Å². The minimum atomic E-state index is -5.08.